The second-order valence-electron chi connectivity index (χ2n) is 5.78. The van der Waals surface area contributed by atoms with Gasteiger partial charge in [-0.25, -0.2) is 4.68 Å². The molecule has 0 unspecified atom stereocenters. The summed E-state index contributed by atoms with van der Waals surface area (Å²) in [5.74, 6) is -0.145. The standard InChI is InChI=1S/C18H20N4O2/c1-12(15-7-5-4-6-8-15)10-20-17(23)11-22-18(24)16(9-19)13(2)14(3)21-22/h4-8,12H,10-11H2,1-3H3,(H,20,23)/t12-/m1/s1. The molecule has 1 heterocycles. The highest BCUT2D eigenvalue weighted by atomic mass is 16.2. The van der Waals surface area contributed by atoms with Crippen LogP contribution >= 0.6 is 0 Å². The van der Waals surface area contributed by atoms with Gasteiger partial charge in [-0.15, -0.1) is 0 Å². The van der Waals surface area contributed by atoms with Gasteiger partial charge in [0.2, 0.25) is 5.91 Å². The van der Waals surface area contributed by atoms with E-state index >= 15 is 0 Å². The number of hydrogen-bond acceptors (Lipinski definition) is 4. The Hall–Kier alpha value is -2.94. The van der Waals surface area contributed by atoms with Gasteiger partial charge in [0.25, 0.3) is 5.56 Å². The molecule has 2 rings (SSSR count). The lowest BCUT2D eigenvalue weighted by Gasteiger charge is -2.14. The van der Waals surface area contributed by atoms with Gasteiger partial charge < -0.3 is 5.32 Å². The summed E-state index contributed by atoms with van der Waals surface area (Å²) in [6.45, 7) is 5.67. The Balaban J connectivity index is 2.05. The van der Waals surface area contributed by atoms with Crippen molar-refractivity contribution in [2.45, 2.75) is 33.2 Å². The largest absolute Gasteiger partial charge is 0.354 e. The summed E-state index contributed by atoms with van der Waals surface area (Å²) in [7, 11) is 0. The van der Waals surface area contributed by atoms with Crippen LogP contribution in [0.5, 0.6) is 0 Å². The molecule has 1 atom stereocenters. The SMILES string of the molecule is Cc1nn(CC(=O)NC[C@@H](C)c2ccccc2)c(=O)c(C#N)c1C. The van der Waals surface area contributed by atoms with Crippen molar-refractivity contribution in [3.63, 3.8) is 0 Å². The molecule has 0 fully saturated rings. The van der Waals surface area contributed by atoms with Gasteiger partial charge in [0.15, 0.2) is 0 Å². The molecule has 0 saturated heterocycles. The Kier molecular flexibility index (Phi) is 5.48. The van der Waals surface area contributed by atoms with Gasteiger partial charge >= 0.3 is 0 Å². The highest BCUT2D eigenvalue weighted by Gasteiger charge is 2.14. The quantitative estimate of drug-likeness (QED) is 0.906. The lowest BCUT2D eigenvalue weighted by Crippen LogP contribution is -2.36. The zero-order valence-electron chi connectivity index (χ0n) is 14.0. The minimum absolute atomic E-state index is 0.0351. The second-order valence-corrected chi connectivity index (χ2v) is 5.78. The number of nitrogens with zero attached hydrogens (tertiary/aromatic N) is 3. The van der Waals surface area contributed by atoms with Crippen LogP contribution in [-0.2, 0) is 11.3 Å². The molecule has 124 valence electrons. The van der Waals surface area contributed by atoms with Crippen LogP contribution in [0.25, 0.3) is 0 Å². The molecule has 6 nitrogen and oxygen atoms in total. The summed E-state index contributed by atoms with van der Waals surface area (Å²) in [4.78, 5) is 24.3. The Labute approximate surface area is 140 Å². The van der Waals surface area contributed by atoms with E-state index in [-0.39, 0.29) is 23.9 Å². The Morgan fingerprint density at radius 1 is 1.33 bits per heavy atom. The van der Waals surface area contributed by atoms with E-state index in [1.54, 1.807) is 13.8 Å². The van der Waals surface area contributed by atoms with Crippen molar-refractivity contribution in [2.24, 2.45) is 0 Å². The molecule has 2 aromatic rings. The molecular weight excluding hydrogens is 304 g/mol. The molecular formula is C18H20N4O2. The molecule has 0 spiro atoms. The average Bonchev–Trinajstić information content (AvgIpc) is 2.59. The summed E-state index contributed by atoms with van der Waals surface area (Å²) >= 11 is 0. The third-order valence-corrected chi connectivity index (χ3v) is 4.02. The van der Waals surface area contributed by atoms with Gasteiger partial charge in [-0.3, -0.25) is 9.59 Å². The molecule has 1 amide bonds. The van der Waals surface area contributed by atoms with E-state index in [4.69, 9.17) is 5.26 Å². The second kappa shape index (κ2) is 7.55. The molecule has 1 aromatic carbocycles. The minimum Gasteiger partial charge on any atom is -0.354 e. The number of carbonyl (C=O) groups is 1. The predicted octanol–water partition coefficient (Wildman–Crippen LogP) is 1.65. The molecule has 0 aliphatic carbocycles. The number of hydrogen-bond donors (Lipinski definition) is 1. The maximum absolute atomic E-state index is 12.2. The van der Waals surface area contributed by atoms with Crippen LogP contribution < -0.4 is 10.9 Å². The summed E-state index contributed by atoms with van der Waals surface area (Å²) in [5, 5.41) is 16.0. The normalized spacial score (nSPS) is 11.6. The van der Waals surface area contributed by atoms with Crippen LogP contribution in [0.2, 0.25) is 0 Å². The van der Waals surface area contributed by atoms with Crippen LogP contribution in [0.1, 0.15) is 35.2 Å². The lowest BCUT2D eigenvalue weighted by molar-refractivity contribution is -0.122. The van der Waals surface area contributed by atoms with Crippen LogP contribution in [0.3, 0.4) is 0 Å². The Bertz CT molecular complexity index is 835. The third-order valence-electron chi connectivity index (χ3n) is 4.02. The molecule has 1 aromatic heterocycles. The van der Waals surface area contributed by atoms with Crippen molar-refractivity contribution >= 4 is 5.91 Å². The fourth-order valence-corrected chi connectivity index (χ4v) is 2.37. The fraction of sp³-hybridized carbons (Fsp3) is 0.333. The Morgan fingerprint density at radius 3 is 2.62 bits per heavy atom. The summed E-state index contributed by atoms with van der Waals surface area (Å²) in [6, 6.07) is 11.7. The van der Waals surface area contributed by atoms with Gasteiger partial charge in [0.05, 0.1) is 5.69 Å². The van der Waals surface area contributed by atoms with Gasteiger partial charge in [-0.1, -0.05) is 37.3 Å². The molecule has 0 radical (unpaired) electrons. The van der Waals surface area contributed by atoms with Gasteiger partial charge in [-0.2, -0.15) is 10.4 Å². The molecule has 24 heavy (non-hydrogen) atoms. The molecule has 0 saturated carbocycles. The first-order chi connectivity index (χ1) is 11.4. The molecule has 0 aliphatic heterocycles. The maximum Gasteiger partial charge on any atom is 0.285 e. The van der Waals surface area contributed by atoms with E-state index in [2.05, 4.69) is 10.4 Å². The summed E-state index contributed by atoms with van der Waals surface area (Å²) in [5.41, 5.74) is 1.75. The first kappa shape index (κ1) is 17.4. The third kappa shape index (κ3) is 3.87. The number of nitriles is 1. The number of benzene rings is 1. The maximum atomic E-state index is 12.2. The molecule has 0 bridgehead atoms. The van der Waals surface area contributed by atoms with E-state index in [0.717, 1.165) is 10.2 Å². The highest BCUT2D eigenvalue weighted by Crippen LogP contribution is 2.12. The van der Waals surface area contributed by atoms with E-state index in [1.165, 1.54) is 0 Å². The highest BCUT2D eigenvalue weighted by molar-refractivity contribution is 5.75. The zero-order valence-corrected chi connectivity index (χ0v) is 14.0. The number of carbonyl (C=O) groups excluding carboxylic acids is 1. The fourth-order valence-electron chi connectivity index (χ4n) is 2.37. The number of aryl methyl sites for hydroxylation is 1. The Morgan fingerprint density at radius 2 is 2.00 bits per heavy atom. The van der Waals surface area contributed by atoms with E-state index in [0.29, 0.717) is 17.8 Å². The summed E-state index contributed by atoms with van der Waals surface area (Å²) < 4.78 is 1.05. The van der Waals surface area contributed by atoms with Crippen molar-refractivity contribution in [2.75, 3.05) is 6.54 Å². The van der Waals surface area contributed by atoms with E-state index in [9.17, 15) is 9.59 Å². The molecule has 1 N–H and O–H groups in total. The first-order valence-corrected chi connectivity index (χ1v) is 7.74. The number of rotatable bonds is 5. The topological polar surface area (TPSA) is 87.8 Å². The van der Waals surface area contributed by atoms with Crippen molar-refractivity contribution < 1.29 is 4.79 Å². The van der Waals surface area contributed by atoms with Crippen LogP contribution in [0.4, 0.5) is 0 Å². The molecule has 6 heteroatoms. The van der Waals surface area contributed by atoms with Crippen molar-refractivity contribution in [3.05, 3.63) is 63.1 Å². The summed E-state index contributed by atoms with van der Waals surface area (Å²) in [6.07, 6.45) is 0. The first-order valence-electron chi connectivity index (χ1n) is 7.74. The van der Waals surface area contributed by atoms with Crippen molar-refractivity contribution in [1.82, 2.24) is 15.1 Å². The van der Waals surface area contributed by atoms with Gasteiger partial charge in [0, 0.05) is 6.54 Å². The minimum atomic E-state index is -0.535. The van der Waals surface area contributed by atoms with Crippen LogP contribution in [-0.4, -0.2) is 22.2 Å². The van der Waals surface area contributed by atoms with Crippen molar-refractivity contribution in [1.29, 1.82) is 5.26 Å². The average molecular weight is 324 g/mol. The van der Waals surface area contributed by atoms with E-state index in [1.807, 2.05) is 43.3 Å². The number of nitrogens with one attached hydrogen (secondary N) is 1. The van der Waals surface area contributed by atoms with Crippen LogP contribution in [0, 0.1) is 25.2 Å². The van der Waals surface area contributed by atoms with Gasteiger partial charge in [0.1, 0.15) is 18.2 Å². The van der Waals surface area contributed by atoms with Gasteiger partial charge in [-0.05, 0) is 30.9 Å². The van der Waals surface area contributed by atoms with Crippen LogP contribution in [0.15, 0.2) is 35.1 Å². The zero-order chi connectivity index (χ0) is 17.7. The predicted molar refractivity (Wildman–Crippen MR) is 90.6 cm³/mol. The van der Waals surface area contributed by atoms with E-state index < -0.39 is 5.56 Å². The smallest absolute Gasteiger partial charge is 0.285 e. The number of amides is 1. The molecule has 0 aliphatic rings. The number of aromatic nitrogens is 2. The van der Waals surface area contributed by atoms with Crippen molar-refractivity contribution in [3.8, 4) is 6.07 Å². The lowest BCUT2D eigenvalue weighted by atomic mass is 10.0. The monoisotopic (exact) mass is 324 g/mol.